The molecule has 150 valence electrons. The molecule has 0 saturated heterocycles. The fourth-order valence-corrected chi connectivity index (χ4v) is 4.55. The number of hydrogen-bond acceptors (Lipinski definition) is 4. The number of amides is 1. The monoisotopic (exact) mass is 411 g/mol. The molecule has 0 saturated carbocycles. The van der Waals surface area contributed by atoms with Crippen molar-refractivity contribution in [3.8, 4) is 11.5 Å². The van der Waals surface area contributed by atoms with E-state index in [0.29, 0.717) is 40.6 Å². The summed E-state index contributed by atoms with van der Waals surface area (Å²) in [7, 11) is 3.22. The lowest BCUT2D eigenvalue weighted by molar-refractivity contribution is -0.122. The van der Waals surface area contributed by atoms with E-state index >= 15 is 0 Å². The van der Waals surface area contributed by atoms with Crippen LogP contribution in [-0.4, -0.2) is 25.9 Å². The van der Waals surface area contributed by atoms with Gasteiger partial charge in [-0.15, -0.1) is 0 Å². The Morgan fingerprint density at radius 1 is 1.00 bits per heavy atom. The largest absolute Gasteiger partial charge is 0.497 e. The number of ether oxygens (including phenoxy) is 2. The number of carbonyl (C=O) groups is 2. The lowest BCUT2D eigenvalue weighted by atomic mass is 9.73. The van der Waals surface area contributed by atoms with Gasteiger partial charge >= 0.3 is 0 Å². The van der Waals surface area contributed by atoms with Crippen molar-refractivity contribution in [2.45, 2.75) is 31.1 Å². The molecule has 0 radical (unpaired) electrons. The number of carbonyl (C=O) groups excluding carboxylic acids is 2. The third kappa shape index (κ3) is 3.75. The van der Waals surface area contributed by atoms with E-state index in [9.17, 15) is 9.59 Å². The van der Waals surface area contributed by atoms with Crippen LogP contribution in [0.4, 0.5) is 0 Å². The Hall–Kier alpha value is -2.79. The summed E-state index contributed by atoms with van der Waals surface area (Å²) in [5.74, 6) is 1.02. The third-order valence-corrected chi connectivity index (χ3v) is 5.90. The number of nitrogens with one attached hydrogen (secondary N) is 1. The smallest absolute Gasteiger partial charge is 0.225 e. The summed E-state index contributed by atoms with van der Waals surface area (Å²) in [6.45, 7) is 0. The second-order valence-corrected chi connectivity index (χ2v) is 7.82. The topological polar surface area (TPSA) is 64.6 Å². The number of allylic oxidation sites excluding steroid dienone is 2. The summed E-state index contributed by atoms with van der Waals surface area (Å²) >= 11 is 6.15. The highest BCUT2D eigenvalue weighted by Crippen LogP contribution is 2.45. The minimum atomic E-state index is -0.266. The first kappa shape index (κ1) is 19.5. The number of hydrogen-bond donors (Lipinski definition) is 1. The van der Waals surface area contributed by atoms with Gasteiger partial charge in [-0.25, -0.2) is 0 Å². The van der Waals surface area contributed by atoms with Gasteiger partial charge in [-0.3, -0.25) is 9.59 Å². The molecule has 0 unspecified atom stereocenters. The number of rotatable bonds is 4. The minimum Gasteiger partial charge on any atom is -0.497 e. The molecule has 6 heteroatoms. The highest BCUT2D eigenvalue weighted by Gasteiger charge is 2.39. The van der Waals surface area contributed by atoms with Crippen molar-refractivity contribution >= 4 is 23.3 Å². The molecule has 2 aromatic rings. The summed E-state index contributed by atoms with van der Waals surface area (Å²) in [5.41, 5.74) is 3.21. The zero-order chi connectivity index (χ0) is 20.5. The summed E-state index contributed by atoms with van der Waals surface area (Å²) in [5, 5.41) is 3.54. The molecule has 1 heterocycles. The number of ketones is 1. The maximum absolute atomic E-state index is 13.2. The molecule has 29 heavy (non-hydrogen) atoms. The first-order valence-electron chi connectivity index (χ1n) is 9.53. The van der Waals surface area contributed by atoms with Crippen LogP contribution < -0.4 is 14.8 Å². The summed E-state index contributed by atoms with van der Waals surface area (Å²) in [6, 6.07) is 13.0. The predicted octanol–water partition coefficient (Wildman–Crippen LogP) is 4.36. The molecule has 0 fully saturated rings. The van der Waals surface area contributed by atoms with Crippen molar-refractivity contribution < 1.29 is 19.1 Å². The van der Waals surface area contributed by atoms with E-state index in [1.807, 2.05) is 36.4 Å². The van der Waals surface area contributed by atoms with Crippen molar-refractivity contribution in [2.75, 3.05) is 14.2 Å². The van der Waals surface area contributed by atoms with Crippen LogP contribution in [0.25, 0.3) is 0 Å². The van der Waals surface area contributed by atoms with Crippen LogP contribution in [0, 0.1) is 0 Å². The first-order valence-corrected chi connectivity index (χ1v) is 9.91. The number of Topliss-reactive ketones (excluding diaryl/α,β-unsaturated/α-hetero) is 1. The molecule has 5 nitrogen and oxygen atoms in total. The van der Waals surface area contributed by atoms with Crippen LogP contribution in [0.15, 0.2) is 53.7 Å². The van der Waals surface area contributed by atoms with E-state index in [2.05, 4.69) is 5.32 Å². The average Bonchev–Trinajstić information content (AvgIpc) is 2.72. The van der Waals surface area contributed by atoms with Gasteiger partial charge in [0, 0.05) is 46.5 Å². The minimum absolute atomic E-state index is 0.0473. The Morgan fingerprint density at radius 2 is 1.83 bits per heavy atom. The Balaban J connectivity index is 1.74. The fourth-order valence-electron chi connectivity index (χ4n) is 4.35. The van der Waals surface area contributed by atoms with Crippen molar-refractivity contribution in [3.63, 3.8) is 0 Å². The lowest BCUT2D eigenvalue weighted by Gasteiger charge is -2.35. The Kier molecular flexibility index (Phi) is 5.33. The highest BCUT2D eigenvalue weighted by atomic mass is 35.5. The van der Waals surface area contributed by atoms with E-state index in [4.69, 9.17) is 21.1 Å². The van der Waals surface area contributed by atoms with Gasteiger partial charge in [0.15, 0.2) is 5.78 Å². The standard InChI is InChI=1S/C23H22ClNO4/c1-28-16-6-7-21(29-2)17(11-16)14-9-19-23(20(26)10-14)18(12-22(27)25-19)13-4-3-5-15(24)8-13/h3-8,11,14,18H,9-10,12H2,1-2H3,(H,25,27)/t14-,18+/m0/s1. The van der Waals surface area contributed by atoms with E-state index < -0.39 is 0 Å². The maximum atomic E-state index is 13.2. The normalized spacial score (nSPS) is 21.5. The number of benzene rings is 2. The van der Waals surface area contributed by atoms with Gasteiger partial charge in [-0.1, -0.05) is 23.7 Å². The van der Waals surface area contributed by atoms with Crippen LogP contribution in [0.1, 0.15) is 42.2 Å². The molecule has 2 aromatic carbocycles. The molecule has 4 rings (SSSR count). The van der Waals surface area contributed by atoms with Gasteiger partial charge in [0.1, 0.15) is 11.5 Å². The summed E-state index contributed by atoms with van der Waals surface area (Å²) in [6.07, 6.45) is 1.17. The number of methoxy groups -OCH3 is 2. The molecule has 1 amide bonds. The van der Waals surface area contributed by atoms with Crippen molar-refractivity contribution in [1.29, 1.82) is 0 Å². The van der Waals surface area contributed by atoms with E-state index in [-0.39, 0.29) is 29.9 Å². The zero-order valence-electron chi connectivity index (χ0n) is 16.3. The second-order valence-electron chi connectivity index (χ2n) is 7.39. The Labute approximate surface area is 174 Å². The average molecular weight is 412 g/mol. The molecule has 1 N–H and O–H groups in total. The van der Waals surface area contributed by atoms with Gasteiger partial charge in [0.05, 0.1) is 14.2 Å². The number of halogens is 1. The van der Waals surface area contributed by atoms with Crippen molar-refractivity contribution in [1.82, 2.24) is 5.32 Å². The van der Waals surface area contributed by atoms with Crippen LogP contribution in [-0.2, 0) is 9.59 Å². The SMILES string of the molecule is COc1ccc(OC)c([C@@H]2CC(=O)C3=C(C2)NC(=O)C[C@@H]3c2cccc(Cl)c2)c1. The Morgan fingerprint density at radius 3 is 2.55 bits per heavy atom. The van der Waals surface area contributed by atoms with E-state index in [1.165, 1.54) is 0 Å². The van der Waals surface area contributed by atoms with Gasteiger partial charge in [0.25, 0.3) is 0 Å². The van der Waals surface area contributed by atoms with Gasteiger partial charge in [-0.2, -0.15) is 0 Å². The second kappa shape index (κ2) is 7.91. The van der Waals surface area contributed by atoms with Crippen LogP contribution >= 0.6 is 11.6 Å². The highest BCUT2D eigenvalue weighted by molar-refractivity contribution is 6.30. The van der Waals surface area contributed by atoms with Gasteiger partial charge in [0.2, 0.25) is 5.91 Å². The van der Waals surface area contributed by atoms with Crippen molar-refractivity contribution in [2.24, 2.45) is 0 Å². The molecule has 0 aromatic heterocycles. The molecular weight excluding hydrogens is 390 g/mol. The van der Waals surface area contributed by atoms with Crippen molar-refractivity contribution in [3.05, 3.63) is 69.9 Å². The Bertz CT molecular complexity index is 1010. The molecule has 1 aliphatic heterocycles. The van der Waals surface area contributed by atoms with Gasteiger partial charge in [-0.05, 0) is 42.3 Å². The molecule has 0 spiro atoms. The van der Waals surface area contributed by atoms with Crippen LogP contribution in [0.3, 0.4) is 0 Å². The molecular formula is C23H22ClNO4. The summed E-state index contributed by atoms with van der Waals surface area (Å²) < 4.78 is 10.9. The van der Waals surface area contributed by atoms with E-state index in [0.717, 1.165) is 11.1 Å². The molecule has 1 aliphatic carbocycles. The molecule has 2 atom stereocenters. The van der Waals surface area contributed by atoms with E-state index in [1.54, 1.807) is 20.3 Å². The maximum Gasteiger partial charge on any atom is 0.225 e. The quantitative estimate of drug-likeness (QED) is 0.811. The molecule has 2 aliphatic rings. The van der Waals surface area contributed by atoms with Crippen LogP contribution in [0.5, 0.6) is 11.5 Å². The zero-order valence-corrected chi connectivity index (χ0v) is 17.1. The predicted molar refractivity (Wildman–Crippen MR) is 111 cm³/mol. The fraction of sp³-hybridized carbons (Fsp3) is 0.304. The first-order chi connectivity index (χ1) is 14.0. The summed E-state index contributed by atoms with van der Waals surface area (Å²) in [4.78, 5) is 25.7. The molecule has 0 bridgehead atoms. The van der Waals surface area contributed by atoms with Gasteiger partial charge < -0.3 is 14.8 Å². The lowest BCUT2D eigenvalue weighted by Crippen LogP contribution is -2.38. The third-order valence-electron chi connectivity index (χ3n) is 5.66. The van der Waals surface area contributed by atoms with Crippen LogP contribution in [0.2, 0.25) is 5.02 Å².